The Hall–Kier alpha value is -3.16. The first-order chi connectivity index (χ1) is 12.8. The number of esters is 1. The van der Waals surface area contributed by atoms with Gasteiger partial charge in [-0.25, -0.2) is 4.79 Å². The lowest BCUT2D eigenvalue weighted by Crippen LogP contribution is -2.30. The Morgan fingerprint density at radius 3 is 2.44 bits per heavy atom. The zero-order valence-electron chi connectivity index (χ0n) is 15.0. The number of hydrogen-bond acceptors (Lipinski definition) is 5. The maximum atomic E-state index is 12.3. The van der Waals surface area contributed by atoms with E-state index < -0.39 is 24.6 Å². The van der Waals surface area contributed by atoms with Gasteiger partial charge in [-0.15, -0.1) is 0 Å². The minimum Gasteiger partial charge on any atom is -0.493 e. The van der Waals surface area contributed by atoms with E-state index >= 15 is 0 Å². The van der Waals surface area contributed by atoms with Gasteiger partial charge in [0.2, 0.25) is 0 Å². The number of methoxy groups -OCH3 is 1. The number of rotatable bonds is 7. The lowest BCUT2D eigenvalue weighted by molar-refractivity contribution is -0.123. The summed E-state index contributed by atoms with van der Waals surface area (Å²) in [6.07, 6.45) is -1.07. The van der Waals surface area contributed by atoms with Crippen LogP contribution in [0.2, 0.25) is 0 Å². The van der Waals surface area contributed by atoms with Gasteiger partial charge in [0.15, 0.2) is 17.6 Å². The molecule has 2 rings (SSSR count). The first-order valence-electron chi connectivity index (χ1n) is 8.01. The third-order valence-corrected chi connectivity index (χ3v) is 3.55. The van der Waals surface area contributed by atoms with Gasteiger partial charge in [-0.2, -0.15) is 8.78 Å². The molecule has 144 valence electrons. The molecule has 2 aromatic rings. The average molecular weight is 379 g/mol. The molecular weight excluding hydrogens is 360 g/mol. The number of anilines is 1. The summed E-state index contributed by atoms with van der Waals surface area (Å²) in [5, 5.41) is 2.65. The Labute approximate surface area is 155 Å². The predicted molar refractivity (Wildman–Crippen MR) is 94.3 cm³/mol. The first kappa shape index (κ1) is 20.2. The zero-order chi connectivity index (χ0) is 20.0. The van der Waals surface area contributed by atoms with Crippen molar-refractivity contribution < 1.29 is 32.6 Å². The molecule has 1 amide bonds. The summed E-state index contributed by atoms with van der Waals surface area (Å²) in [5.41, 5.74) is 1.58. The minimum absolute atomic E-state index is 0.0312. The highest BCUT2D eigenvalue weighted by molar-refractivity contribution is 5.97. The fourth-order valence-corrected chi connectivity index (χ4v) is 2.24. The molecule has 1 atom stereocenters. The van der Waals surface area contributed by atoms with Gasteiger partial charge in [0.05, 0.1) is 12.7 Å². The van der Waals surface area contributed by atoms with E-state index in [4.69, 9.17) is 9.47 Å². The maximum Gasteiger partial charge on any atom is 0.387 e. The summed E-state index contributed by atoms with van der Waals surface area (Å²) in [7, 11) is 1.25. The quantitative estimate of drug-likeness (QED) is 0.741. The second-order valence-electron chi connectivity index (χ2n) is 5.65. The zero-order valence-corrected chi connectivity index (χ0v) is 15.0. The summed E-state index contributed by atoms with van der Waals surface area (Å²) in [6.45, 7) is 0.282. The highest BCUT2D eigenvalue weighted by atomic mass is 19.3. The summed E-state index contributed by atoms with van der Waals surface area (Å²) in [4.78, 5) is 24.4. The Morgan fingerprint density at radius 1 is 1.07 bits per heavy atom. The van der Waals surface area contributed by atoms with Crippen LogP contribution in [0.3, 0.4) is 0 Å². The highest BCUT2D eigenvalue weighted by Gasteiger charge is 2.21. The van der Waals surface area contributed by atoms with E-state index in [9.17, 15) is 18.4 Å². The molecule has 0 unspecified atom stereocenters. The van der Waals surface area contributed by atoms with E-state index in [-0.39, 0.29) is 17.1 Å². The molecule has 6 nitrogen and oxygen atoms in total. The lowest BCUT2D eigenvalue weighted by Gasteiger charge is -2.15. The SMILES string of the molecule is COc1cc(C(=O)O[C@@H](C)C(=O)Nc2cccc(C)c2)ccc1OC(F)F. The highest BCUT2D eigenvalue weighted by Crippen LogP contribution is 2.29. The van der Waals surface area contributed by atoms with E-state index in [1.54, 1.807) is 18.2 Å². The van der Waals surface area contributed by atoms with Crippen molar-refractivity contribution in [3.05, 3.63) is 53.6 Å². The third kappa shape index (κ3) is 5.67. The number of carbonyl (C=O) groups is 2. The molecule has 0 spiro atoms. The van der Waals surface area contributed by atoms with Crippen LogP contribution in [0.1, 0.15) is 22.8 Å². The van der Waals surface area contributed by atoms with Crippen LogP contribution < -0.4 is 14.8 Å². The fourth-order valence-electron chi connectivity index (χ4n) is 2.24. The van der Waals surface area contributed by atoms with Crippen molar-refractivity contribution >= 4 is 17.6 Å². The van der Waals surface area contributed by atoms with Gasteiger partial charge in [0.25, 0.3) is 5.91 Å². The molecule has 0 aliphatic carbocycles. The van der Waals surface area contributed by atoms with Gasteiger partial charge in [0.1, 0.15) is 0 Å². The van der Waals surface area contributed by atoms with Crippen molar-refractivity contribution in [1.82, 2.24) is 0 Å². The van der Waals surface area contributed by atoms with E-state index in [2.05, 4.69) is 10.1 Å². The van der Waals surface area contributed by atoms with Crippen molar-refractivity contribution in [1.29, 1.82) is 0 Å². The standard InChI is InChI=1S/C19H19F2NO5/c1-11-5-4-6-14(9-11)22-17(23)12(2)26-18(24)13-7-8-15(27-19(20)21)16(10-13)25-3/h4-10,12,19H,1-3H3,(H,22,23)/t12-/m0/s1. The smallest absolute Gasteiger partial charge is 0.387 e. The Kier molecular flexibility index (Phi) is 6.70. The number of nitrogens with one attached hydrogen (secondary N) is 1. The van der Waals surface area contributed by atoms with Crippen LogP contribution in [0.5, 0.6) is 11.5 Å². The van der Waals surface area contributed by atoms with Gasteiger partial charge in [0, 0.05) is 5.69 Å². The molecule has 8 heteroatoms. The third-order valence-electron chi connectivity index (χ3n) is 3.55. The number of hydrogen-bond donors (Lipinski definition) is 1. The largest absolute Gasteiger partial charge is 0.493 e. The van der Waals surface area contributed by atoms with Crippen molar-refractivity contribution in [2.45, 2.75) is 26.6 Å². The van der Waals surface area contributed by atoms with E-state index in [0.29, 0.717) is 5.69 Å². The van der Waals surface area contributed by atoms with E-state index in [0.717, 1.165) is 5.56 Å². The first-order valence-corrected chi connectivity index (χ1v) is 8.01. The van der Waals surface area contributed by atoms with Crippen LogP contribution >= 0.6 is 0 Å². The molecule has 0 radical (unpaired) electrons. The molecule has 1 N–H and O–H groups in total. The summed E-state index contributed by atoms with van der Waals surface area (Å²) in [6, 6.07) is 10.8. The Balaban J connectivity index is 2.04. The molecule has 0 heterocycles. The van der Waals surface area contributed by atoms with Crippen LogP contribution in [0.4, 0.5) is 14.5 Å². The number of amides is 1. The van der Waals surface area contributed by atoms with Crippen LogP contribution in [0, 0.1) is 6.92 Å². The van der Waals surface area contributed by atoms with Crippen LogP contribution in [0.25, 0.3) is 0 Å². The van der Waals surface area contributed by atoms with Crippen molar-refractivity contribution in [3.63, 3.8) is 0 Å². The average Bonchev–Trinajstić information content (AvgIpc) is 2.61. The maximum absolute atomic E-state index is 12.3. The van der Waals surface area contributed by atoms with Crippen molar-refractivity contribution in [3.8, 4) is 11.5 Å². The number of ether oxygens (including phenoxy) is 3. The molecule has 0 saturated heterocycles. The predicted octanol–water partition coefficient (Wildman–Crippen LogP) is 3.79. The molecule has 0 bridgehead atoms. The number of carbonyl (C=O) groups excluding carboxylic acids is 2. The van der Waals surface area contributed by atoms with Crippen LogP contribution in [0.15, 0.2) is 42.5 Å². The van der Waals surface area contributed by atoms with Gasteiger partial charge < -0.3 is 19.5 Å². The molecule has 0 saturated carbocycles. The Bertz CT molecular complexity index is 825. The Morgan fingerprint density at radius 2 is 1.81 bits per heavy atom. The molecule has 0 fully saturated rings. The monoisotopic (exact) mass is 379 g/mol. The van der Waals surface area contributed by atoms with Gasteiger partial charge in [-0.1, -0.05) is 12.1 Å². The van der Waals surface area contributed by atoms with Gasteiger partial charge >= 0.3 is 12.6 Å². The van der Waals surface area contributed by atoms with E-state index in [1.165, 1.54) is 32.2 Å². The van der Waals surface area contributed by atoms with Crippen molar-refractivity contribution in [2.24, 2.45) is 0 Å². The molecular formula is C19H19F2NO5. The van der Waals surface area contributed by atoms with Gasteiger partial charge in [-0.3, -0.25) is 4.79 Å². The summed E-state index contributed by atoms with van der Waals surface area (Å²) in [5.74, 6) is -1.57. The van der Waals surface area contributed by atoms with Crippen molar-refractivity contribution in [2.75, 3.05) is 12.4 Å². The summed E-state index contributed by atoms with van der Waals surface area (Å²) < 4.78 is 39.0. The molecule has 0 aliphatic rings. The minimum atomic E-state index is -3.03. The molecule has 0 aliphatic heterocycles. The number of benzene rings is 2. The second kappa shape index (κ2) is 8.98. The normalized spacial score (nSPS) is 11.6. The number of alkyl halides is 2. The summed E-state index contributed by atoms with van der Waals surface area (Å²) >= 11 is 0. The number of halogens is 2. The van der Waals surface area contributed by atoms with Crippen LogP contribution in [-0.4, -0.2) is 31.7 Å². The molecule has 2 aromatic carbocycles. The van der Waals surface area contributed by atoms with Crippen LogP contribution in [-0.2, 0) is 9.53 Å². The topological polar surface area (TPSA) is 73.9 Å². The molecule has 27 heavy (non-hydrogen) atoms. The second-order valence-corrected chi connectivity index (χ2v) is 5.65. The molecule has 0 aromatic heterocycles. The van der Waals surface area contributed by atoms with Gasteiger partial charge in [-0.05, 0) is 49.7 Å². The fraction of sp³-hybridized carbons (Fsp3) is 0.263. The van der Waals surface area contributed by atoms with E-state index in [1.807, 2.05) is 13.0 Å². The number of aryl methyl sites for hydroxylation is 1. The lowest BCUT2D eigenvalue weighted by atomic mass is 10.2.